The van der Waals surface area contributed by atoms with Gasteiger partial charge in [-0.1, -0.05) is 12.1 Å². The molecule has 2 rings (SSSR count). The molecule has 1 heterocycles. The first-order valence-corrected chi connectivity index (χ1v) is 6.01. The number of carbonyl (C=O) groups excluding carboxylic acids is 1. The van der Waals surface area contributed by atoms with Crippen LogP contribution in [0.15, 0.2) is 33.2 Å². The van der Waals surface area contributed by atoms with Crippen molar-refractivity contribution in [3.05, 3.63) is 34.5 Å². The van der Waals surface area contributed by atoms with Gasteiger partial charge in [0.15, 0.2) is 5.76 Å². The molecule has 90 valence electrons. The van der Waals surface area contributed by atoms with Gasteiger partial charge in [-0.3, -0.25) is 4.79 Å². The van der Waals surface area contributed by atoms with Crippen LogP contribution in [-0.2, 0) is 0 Å². The van der Waals surface area contributed by atoms with Gasteiger partial charge in [0.1, 0.15) is 5.58 Å². The second kappa shape index (κ2) is 4.89. The normalized spacial score (nSPS) is 12.6. The second-order valence-corrected chi connectivity index (χ2v) is 4.68. The minimum atomic E-state index is -0.574. The van der Waals surface area contributed by atoms with Crippen LogP contribution < -0.4 is 5.32 Å². The van der Waals surface area contributed by atoms with Crippen LogP contribution in [0.1, 0.15) is 17.5 Å². The van der Waals surface area contributed by atoms with Gasteiger partial charge in [-0.15, -0.1) is 0 Å². The molecular formula is C12H12BrNO3. The molecule has 5 heteroatoms. The molecule has 1 atom stereocenters. The minimum Gasteiger partial charge on any atom is -0.450 e. The number of aliphatic hydroxyl groups excluding tert-OH is 1. The third-order valence-corrected chi connectivity index (χ3v) is 2.90. The zero-order valence-corrected chi connectivity index (χ0v) is 10.8. The average molecular weight is 298 g/mol. The highest BCUT2D eigenvalue weighted by Gasteiger charge is 2.13. The smallest absolute Gasteiger partial charge is 0.287 e. The number of rotatable bonds is 3. The number of aliphatic hydroxyl groups is 1. The monoisotopic (exact) mass is 297 g/mol. The molecule has 17 heavy (non-hydrogen) atoms. The maximum atomic E-state index is 11.7. The van der Waals surface area contributed by atoms with E-state index in [1.807, 2.05) is 18.2 Å². The molecule has 0 bridgehead atoms. The van der Waals surface area contributed by atoms with Crippen LogP contribution in [0.4, 0.5) is 0 Å². The van der Waals surface area contributed by atoms with Gasteiger partial charge < -0.3 is 14.8 Å². The molecule has 0 saturated heterocycles. The lowest BCUT2D eigenvalue weighted by Gasteiger charge is -2.04. The number of nitrogens with one attached hydrogen (secondary N) is 1. The molecule has 2 N–H and O–H groups in total. The molecule has 1 aromatic carbocycles. The predicted molar refractivity (Wildman–Crippen MR) is 67.9 cm³/mol. The number of amides is 1. The number of hydrogen-bond acceptors (Lipinski definition) is 3. The van der Waals surface area contributed by atoms with Gasteiger partial charge in [0.05, 0.1) is 10.6 Å². The van der Waals surface area contributed by atoms with Crippen molar-refractivity contribution in [2.75, 3.05) is 6.54 Å². The number of fused-ring (bicyclic) bond motifs is 1. The predicted octanol–water partition coefficient (Wildman–Crippen LogP) is 2.31. The van der Waals surface area contributed by atoms with Crippen molar-refractivity contribution < 1.29 is 14.3 Å². The van der Waals surface area contributed by atoms with Gasteiger partial charge in [-0.25, -0.2) is 0 Å². The van der Waals surface area contributed by atoms with Crippen LogP contribution in [0.5, 0.6) is 0 Å². The molecule has 4 nitrogen and oxygen atoms in total. The summed E-state index contributed by atoms with van der Waals surface area (Å²) in [5.74, 6) is -0.0819. The lowest BCUT2D eigenvalue weighted by atomic mass is 10.2. The molecule has 0 fully saturated rings. The summed E-state index contributed by atoms with van der Waals surface area (Å²) in [5.41, 5.74) is 0.648. The Morgan fingerprint density at radius 2 is 2.35 bits per heavy atom. The maximum Gasteiger partial charge on any atom is 0.287 e. The van der Waals surface area contributed by atoms with E-state index in [0.29, 0.717) is 5.58 Å². The standard InChI is InChI=1S/C12H12BrNO3/c1-7(15)6-14-12(16)10-5-8-3-2-4-9(13)11(8)17-10/h2-5,7,15H,6H2,1H3,(H,14,16). The minimum absolute atomic E-state index is 0.205. The summed E-state index contributed by atoms with van der Waals surface area (Å²) in [6, 6.07) is 7.27. The fourth-order valence-electron chi connectivity index (χ4n) is 1.47. The Bertz CT molecular complexity index is 548. The second-order valence-electron chi connectivity index (χ2n) is 3.83. The third-order valence-electron chi connectivity index (χ3n) is 2.28. The van der Waals surface area contributed by atoms with E-state index in [0.717, 1.165) is 9.86 Å². The lowest BCUT2D eigenvalue weighted by Crippen LogP contribution is -2.30. The molecule has 0 spiro atoms. The number of para-hydroxylation sites is 1. The van der Waals surface area contributed by atoms with Crippen molar-refractivity contribution >= 4 is 32.8 Å². The van der Waals surface area contributed by atoms with Gasteiger partial charge in [-0.2, -0.15) is 0 Å². The van der Waals surface area contributed by atoms with E-state index >= 15 is 0 Å². The molecular weight excluding hydrogens is 286 g/mol. The molecule has 2 aromatic rings. The van der Waals surface area contributed by atoms with Crippen molar-refractivity contribution in [2.45, 2.75) is 13.0 Å². The highest BCUT2D eigenvalue weighted by molar-refractivity contribution is 9.10. The zero-order valence-electron chi connectivity index (χ0n) is 9.24. The SMILES string of the molecule is CC(O)CNC(=O)c1cc2cccc(Br)c2o1. The highest BCUT2D eigenvalue weighted by atomic mass is 79.9. The van der Waals surface area contributed by atoms with Crippen molar-refractivity contribution in [1.29, 1.82) is 0 Å². The van der Waals surface area contributed by atoms with E-state index in [4.69, 9.17) is 9.52 Å². The number of halogens is 1. The molecule has 0 aliphatic rings. The molecule has 0 saturated carbocycles. The third kappa shape index (κ3) is 2.68. The zero-order chi connectivity index (χ0) is 12.4. The van der Waals surface area contributed by atoms with Crippen LogP contribution in [0.25, 0.3) is 11.0 Å². The Kier molecular flexibility index (Phi) is 3.49. The lowest BCUT2D eigenvalue weighted by molar-refractivity contribution is 0.0898. The van der Waals surface area contributed by atoms with Crippen LogP contribution in [-0.4, -0.2) is 23.7 Å². The summed E-state index contributed by atoms with van der Waals surface area (Å²) < 4.78 is 6.26. The number of hydrogen-bond donors (Lipinski definition) is 2. The van der Waals surface area contributed by atoms with E-state index in [2.05, 4.69) is 21.2 Å². The number of furan rings is 1. The molecule has 0 aliphatic heterocycles. The van der Waals surface area contributed by atoms with Crippen LogP contribution >= 0.6 is 15.9 Å². The van der Waals surface area contributed by atoms with E-state index in [1.54, 1.807) is 13.0 Å². The van der Waals surface area contributed by atoms with E-state index in [-0.39, 0.29) is 18.2 Å². The van der Waals surface area contributed by atoms with Crippen molar-refractivity contribution in [1.82, 2.24) is 5.32 Å². The number of benzene rings is 1. The Morgan fingerprint density at radius 3 is 3.00 bits per heavy atom. The molecule has 0 radical (unpaired) electrons. The first-order valence-electron chi connectivity index (χ1n) is 5.22. The van der Waals surface area contributed by atoms with Gasteiger partial charge in [0.2, 0.25) is 0 Å². The van der Waals surface area contributed by atoms with Gasteiger partial charge in [-0.05, 0) is 35.0 Å². The Balaban J connectivity index is 2.24. The van der Waals surface area contributed by atoms with Gasteiger partial charge in [0.25, 0.3) is 5.91 Å². The topological polar surface area (TPSA) is 62.5 Å². The fourth-order valence-corrected chi connectivity index (χ4v) is 1.93. The summed E-state index contributed by atoms with van der Waals surface area (Å²) >= 11 is 3.36. The maximum absolute atomic E-state index is 11.7. The Morgan fingerprint density at radius 1 is 1.59 bits per heavy atom. The quantitative estimate of drug-likeness (QED) is 0.914. The summed E-state index contributed by atoms with van der Waals surface area (Å²) in [5, 5.41) is 12.5. The van der Waals surface area contributed by atoms with Crippen LogP contribution in [0.2, 0.25) is 0 Å². The summed E-state index contributed by atoms with van der Waals surface area (Å²) in [6.45, 7) is 1.81. The average Bonchev–Trinajstić information content (AvgIpc) is 2.71. The molecule has 1 amide bonds. The van der Waals surface area contributed by atoms with E-state index in [1.165, 1.54) is 0 Å². The summed E-state index contributed by atoms with van der Waals surface area (Å²) in [4.78, 5) is 11.7. The first kappa shape index (κ1) is 12.1. The van der Waals surface area contributed by atoms with E-state index in [9.17, 15) is 4.79 Å². The van der Waals surface area contributed by atoms with Gasteiger partial charge >= 0.3 is 0 Å². The Labute approximate surface area is 107 Å². The van der Waals surface area contributed by atoms with Crippen molar-refractivity contribution in [3.8, 4) is 0 Å². The Hall–Kier alpha value is -1.33. The molecule has 0 aliphatic carbocycles. The number of carbonyl (C=O) groups is 1. The van der Waals surface area contributed by atoms with Crippen molar-refractivity contribution in [3.63, 3.8) is 0 Å². The largest absolute Gasteiger partial charge is 0.450 e. The molecule has 1 unspecified atom stereocenters. The summed E-state index contributed by atoms with van der Waals surface area (Å²) in [7, 11) is 0. The highest BCUT2D eigenvalue weighted by Crippen LogP contribution is 2.26. The van der Waals surface area contributed by atoms with Crippen LogP contribution in [0, 0.1) is 0 Å². The summed E-state index contributed by atoms with van der Waals surface area (Å²) in [6.07, 6.45) is -0.574. The van der Waals surface area contributed by atoms with Crippen LogP contribution in [0.3, 0.4) is 0 Å². The van der Waals surface area contributed by atoms with E-state index < -0.39 is 6.10 Å². The van der Waals surface area contributed by atoms with Crippen molar-refractivity contribution in [2.24, 2.45) is 0 Å². The fraction of sp³-hybridized carbons (Fsp3) is 0.250. The molecule has 1 aromatic heterocycles. The first-order chi connectivity index (χ1) is 8.08. The van der Waals surface area contributed by atoms with Gasteiger partial charge in [0, 0.05) is 11.9 Å².